The number of nitrogens with two attached hydrogens (primary N) is 1. The number of hydrogen-bond donors (Lipinski definition) is 3. The van der Waals surface area contributed by atoms with Gasteiger partial charge in [-0.3, -0.25) is 9.48 Å². The molecule has 2 heterocycles. The molecule has 2 aromatic heterocycles. The monoisotopic (exact) mass is 392 g/mol. The Kier molecular flexibility index (Phi) is 5.70. The Bertz CT molecular complexity index is 880. The summed E-state index contributed by atoms with van der Waals surface area (Å²) in [6.07, 6.45) is 3.54. The largest absolute Gasteiger partial charge is 0.417 e. The van der Waals surface area contributed by atoms with E-state index in [1.54, 1.807) is 0 Å². The molecule has 0 saturated heterocycles. The van der Waals surface area contributed by atoms with Crippen LogP contribution in [0.1, 0.15) is 35.7 Å². The number of pyridine rings is 1. The number of nitrogens with zero attached hydrogens (tertiary/aromatic N) is 4. The fourth-order valence-electron chi connectivity index (χ4n) is 3.17. The van der Waals surface area contributed by atoms with E-state index in [0.717, 1.165) is 0 Å². The van der Waals surface area contributed by atoms with E-state index in [9.17, 15) is 23.9 Å². The van der Waals surface area contributed by atoms with Crippen molar-refractivity contribution in [2.45, 2.75) is 38.0 Å². The third-order valence-corrected chi connectivity index (χ3v) is 4.50. The summed E-state index contributed by atoms with van der Waals surface area (Å²) >= 11 is 0. The smallest absolute Gasteiger partial charge is 0.388 e. The number of nitriles is 1. The third-order valence-electron chi connectivity index (χ3n) is 4.50. The molecule has 2 aromatic rings. The highest BCUT2D eigenvalue weighted by molar-refractivity contribution is 5.98. The van der Waals surface area contributed by atoms with E-state index in [1.807, 2.05) is 0 Å². The fourth-order valence-corrected chi connectivity index (χ4v) is 3.17. The molecule has 0 unspecified atom stereocenters. The topological polar surface area (TPSA) is 139 Å². The van der Waals surface area contributed by atoms with Crippen LogP contribution in [0.25, 0.3) is 0 Å². The molecule has 0 bridgehead atoms. The molecule has 0 aromatic carbocycles. The molecule has 148 valence electrons. The van der Waals surface area contributed by atoms with E-state index in [2.05, 4.69) is 26.2 Å². The lowest BCUT2D eigenvalue weighted by molar-refractivity contribution is -0.0528. The molecule has 0 spiro atoms. The van der Waals surface area contributed by atoms with Crippen LogP contribution >= 0.6 is 0 Å². The minimum Gasteiger partial charge on any atom is -0.417 e. The molecule has 28 heavy (non-hydrogen) atoms. The first-order chi connectivity index (χ1) is 13.4. The Labute approximate surface area is 158 Å². The van der Waals surface area contributed by atoms with Crippen molar-refractivity contribution in [1.82, 2.24) is 14.8 Å². The lowest BCUT2D eigenvalue weighted by Crippen LogP contribution is -2.29. The highest BCUT2D eigenvalue weighted by atomic mass is 19.3. The molecule has 3 atom stereocenters. The van der Waals surface area contributed by atoms with Crippen molar-refractivity contribution in [3.63, 3.8) is 0 Å². The van der Waals surface area contributed by atoms with E-state index < -0.39 is 24.5 Å². The first-order valence-corrected chi connectivity index (χ1v) is 8.52. The molecule has 1 aliphatic rings. The average molecular weight is 392 g/mol. The molecule has 11 heteroatoms. The second kappa shape index (κ2) is 8.18. The zero-order chi connectivity index (χ0) is 20.3. The molecule has 9 nitrogen and oxygen atoms in total. The number of halogens is 2. The van der Waals surface area contributed by atoms with Crippen molar-refractivity contribution in [3.05, 3.63) is 30.1 Å². The van der Waals surface area contributed by atoms with Crippen LogP contribution in [0.5, 0.6) is 5.88 Å². The number of alkyl halides is 2. The average Bonchev–Trinajstić information content (AvgIpc) is 3.06. The first-order valence-electron chi connectivity index (χ1n) is 8.52. The summed E-state index contributed by atoms with van der Waals surface area (Å²) in [7, 11) is 0. The molecule has 0 radical (unpaired) electrons. The van der Waals surface area contributed by atoms with E-state index in [-0.39, 0.29) is 23.3 Å². The SMILES string of the molecule is N#C[C@H]1C[C@H](O)CC[C@@H]1n1cc(C(N)=O)c(Nc2ccc(OC(F)F)nc2)n1. The van der Waals surface area contributed by atoms with Crippen molar-refractivity contribution in [2.75, 3.05) is 5.32 Å². The zero-order valence-corrected chi connectivity index (χ0v) is 14.6. The highest BCUT2D eigenvalue weighted by Crippen LogP contribution is 2.34. The molecule has 1 aliphatic carbocycles. The van der Waals surface area contributed by atoms with Gasteiger partial charge in [-0.1, -0.05) is 0 Å². The summed E-state index contributed by atoms with van der Waals surface area (Å²) in [5.74, 6) is -1.27. The van der Waals surface area contributed by atoms with Crippen LogP contribution in [0.4, 0.5) is 20.3 Å². The van der Waals surface area contributed by atoms with Crippen molar-refractivity contribution >= 4 is 17.4 Å². The minimum atomic E-state index is -2.98. The molecule has 1 saturated carbocycles. The number of rotatable bonds is 6. The summed E-state index contributed by atoms with van der Waals surface area (Å²) in [5.41, 5.74) is 5.91. The van der Waals surface area contributed by atoms with Gasteiger partial charge in [0.2, 0.25) is 5.88 Å². The number of nitrogens with one attached hydrogen (secondary N) is 1. The number of aliphatic hydroxyl groups excluding tert-OH is 1. The van der Waals surface area contributed by atoms with Gasteiger partial charge in [-0.05, 0) is 25.3 Å². The van der Waals surface area contributed by atoms with Gasteiger partial charge in [-0.2, -0.15) is 19.1 Å². The predicted octanol–water partition coefficient (Wildman–Crippen LogP) is 1.95. The number of carbonyl (C=O) groups excluding carboxylic acids is 1. The van der Waals surface area contributed by atoms with Crippen LogP contribution < -0.4 is 15.8 Å². The maximum Gasteiger partial charge on any atom is 0.388 e. The number of hydrogen-bond acceptors (Lipinski definition) is 7. The van der Waals surface area contributed by atoms with Crippen LogP contribution in [0.3, 0.4) is 0 Å². The Balaban J connectivity index is 1.83. The van der Waals surface area contributed by atoms with Gasteiger partial charge in [0.1, 0.15) is 5.56 Å². The number of anilines is 2. The first kappa shape index (κ1) is 19.5. The Morgan fingerprint density at radius 1 is 1.46 bits per heavy atom. The molecule has 4 N–H and O–H groups in total. The molecular weight excluding hydrogens is 374 g/mol. The number of carbonyl (C=O) groups is 1. The van der Waals surface area contributed by atoms with E-state index >= 15 is 0 Å². The number of primary amides is 1. The second-order valence-corrected chi connectivity index (χ2v) is 6.39. The van der Waals surface area contributed by atoms with Crippen molar-refractivity contribution in [2.24, 2.45) is 11.7 Å². The van der Waals surface area contributed by atoms with Gasteiger partial charge < -0.3 is 20.9 Å². The standard InChI is InChI=1S/C17H18F2N6O3/c18-17(19)28-14-4-1-10(7-22-14)23-16-12(15(21)27)8-25(24-16)13-3-2-11(26)5-9(13)6-20/h1,4,7-9,11,13,17,26H,2-3,5H2,(H2,21,27)(H,23,24)/t9-,11-,13+/m1/s1. The van der Waals surface area contributed by atoms with Gasteiger partial charge in [0.05, 0.1) is 36.0 Å². The summed E-state index contributed by atoms with van der Waals surface area (Å²) in [6.45, 7) is -2.98. The maximum absolute atomic E-state index is 12.2. The number of aromatic nitrogens is 3. The summed E-state index contributed by atoms with van der Waals surface area (Å²) in [4.78, 5) is 15.5. The van der Waals surface area contributed by atoms with Gasteiger partial charge in [0.25, 0.3) is 5.91 Å². The van der Waals surface area contributed by atoms with Gasteiger partial charge in [-0.25, -0.2) is 4.98 Å². The molecule has 3 rings (SSSR count). The Morgan fingerprint density at radius 2 is 2.25 bits per heavy atom. The number of amides is 1. The van der Waals surface area contributed by atoms with E-state index in [1.165, 1.54) is 29.2 Å². The third kappa shape index (κ3) is 4.34. The Morgan fingerprint density at radius 3 is 2.86 bits per heavy atom. The van der Waals surface area contributed by atoms with Gasteiger partial charge in [-0.15, -0.1) is 0 Å². The summed E-state index contributed by atoms with van der Waals surface area (Å²) < 4.78 is 30.1. The maximum atomic E-state index is 12.2. The van der Waals surface area contributed by atoms with Crippen molar-refractivity contribution in [1.29, 1.82) is 5.26 Å². The molecule has 1 amide bonds. The molecule has 0 aliphatic heterocycles. The second-order valence-electron chi connectivity index (χ2n) is 6.39. The van der Waals surface area contributed by atoms with E-state index in [0.29, 0.717) is 24.9 Å². The lowest BCUT2D eigenvalue weighted by Gasteiger charge is -2.30. The fraction of sp³-hybridized carbons (Fsp3) is 0.412. The Hall–Kier alpha value is -3.26. The van der Waals surface area contributed by atoms with Crippen molar-refractivity contribution < 1.29 is 23.4 Å². The van der Waals surface area contributed by atoms with Crippen molar-refractivity contribution in [3.8, 4) is 11.9 Å². The van der Waals surface area contributed by atoms with Crippen LogP contribution in [0, 0.1) is 17.2 Å². The van der Waals surface area contributed by atoms with Gasteiger partial charge >= 0.3 is 6.61 Å². The van der Waals surface area contributed by atoms with Gasteiger partial charge in [0.15, 0.2) is 5.82 Å². The summed E-state index contributed by atoms with van der Waals surface area (Å²) in [6, 6.07) is 4.54. The van der Waals surface area contributed by atoms with Crippen LogP contribution in [-0.4, -0.2) is 38.5 Å². The lowest BCUT2D eigenvalue weighted by atomic mass is 9.84. The normalized spacial score (nSPS) is 21.9. The predicted molar refractivity (Wildman–Crippen MR) is 92.9 cm³/mol. The number of ether oxygens (including phenoxy) is 1. The van der Waals surface area contributed by atoms with Crippen LogP contribution in [0.15, 0.2) is 24.5 Å². The quantitative estimate of drug-likeness (QED) is 0.683. The molecule has 1 fully saturated rings. The highest BCUT2D eigenvalue weighted by Gasteiger charge is 2.32. The number of aliphatic hydroxyl groups is 1. The zero-order valence-electron chi connectivity index (χ0n) is 14.6. The summed E-state index contributed by atoms with van der Waals surface area (Å²) in [5, 5.41) is 26.3. The van der Waals surface area contributed by atoms with E-state index in [4.69, 9.17) is 5.73 Å². The van der Waals surface area contributed by atoms with Crippen LogP contribution in [0.2, 0.25) is 0 Å². The minimum absolute atomic E-state index is 0.107. The van der Waals surface area contributed by atoms with Crippen LogP contribution in [-0.2, 0) is 0 Å². The van der Waals surface area contributed by atoms with Gasteiger partial charge in [0, 0.05) is 12.3 Å². The molecular formula is C17H18F2N6O3.